The Morgan fingerprint density at radius 3 is 2.50 bits per heavy atom. The molecule has 7 heteroatoms. The number of rotatable bonds is 2. The number of nitrogen functional groups attached to an aromatic ring is 1. The molecule has 0 radical (unpaired) electrons. The average Bonchev–Trinajstić information content (AvgIpc) is 2.29. The molecule has 100 valence electrons. The van der Waals surface area contributed by atoms with Crippen LogP contribution in [0.2, 0.25) is 0 Å². The monoisotopic (exact) mass is 274 g/mol. The lowest BCUT2D eigenvalue weighted by atomic mass is 10.1. The minimum atomic E-state index is -3.84. The summed E-state index contributed by atoms with van der Waals surface area (Å²) in [6, 6.07) is 3.52. The van der Waals surface area contributed by atoms with E-state index in [4.69, 9.17) is 5.73 Å². The molecule has 0 atom stereocenters. The van der Waals surface area contributed by atoms with E-state index in [0.717, 1.165) is 6.07 Å². The van der Waals surface area contributed by atoms with Gasteiger partial charge in [0.25, 0.3) is 0 Å². The Bertz CT molecular complexity index is 539. The van der Waals surface area contributed by atoms with Gasteiger partial charge in [0.15, 0.2) is 0 Å². The number of nitrogens with zero attached hydrogens (tertiary/aromatic N) is 1. The van der Waals surface area contributed by atoms with Crippen LogP contribution >= 0.6 is 0 Å². The van der Waals surface area contributed by atoms with Crippen LogP contribution in [0.4, 0.5) is 10.1 Å². The minimum absolute atomic E-state index is 0.181. The maximum absolute atomic E-state index is 13.6. The number of hydrogen-bond acceptors (Lipinski definition) is 4. The summed E-state index contributed by atoms with van der Waals surface area (Å²) in [6.45, 7) is 0.403. The van der Waals surface area contributed by atoms with Gasteiger partial charge in [-0.3, -0.25) is 0 Å². The highest BCUT2D eigenvalue weighted by molar-refractivity contribution is 7.89. The second kappa shape index (κ2) is 4.83. The molecule has 0 amide bonds. The highest BCUT2D eigenvalue weighted by Crippen LogP contribution is 2.24. The Hall–Kier alpha value is -1.18. The smallest absolute Gasteiger partial charge is 0.245 e. The Balaban J connectivity index is 2.30. The summed E-state index contributed by atoms with van der Waals surface area (Å²) >= 11 is 0. The number of hydrogen-bond donors (Lipinski definition) is 2. The van der Waals surface area contributed by atoms with E-state index in [-0.39, 0.29) is 23.7 Å². The van der Waals surface area contributed by atoms with Crippen molar-refractivity contribution in [2.75, 3.05) is 18.8 Å². The summed E-state index contributed by atoms with van der Waals surface area (Å²) in [5.41, 5.74) is 5.57. The van der Waals surface area contributed by atoms with Crippen molar-refractivity contribution in [2.24, 2.45) is 0 Å². The topological polar surface area (TPSA) is 83.6 Å². The molecule has 1 aliphatic heterocycles. The molecule has 18 heavy (non-hydrogen) atoms. The van der Waals surface area contributed by atoms with Gasteiger partial charge >= 0.3 is 0 Å². The summed E-state index contributed by atoms with van der Waals surface area (Å²) in [5, 5.41) is 9.34. The van der Waals surface area contributed by atoms with Crippen molar-refractivity contribution in [3.63, 3.8) is 0 Å². The SMILES string of the molecule is Nc1ccc(S(=O)(=O)N2CCC(O)CC2)c(F)c1. The average molecular weight is 274 g/mol. The van der Waals surface area contributed by atoms with E-state index in [0.29, 0.717) is 12.8 Å². The molecular formula is C11H15FN2O3S. The van der Waals surface area contributed by atoms with Crippen LogP contribution in [-0.2, 0) is 10.0 Å². The van der Waals surface area contributed by atoms with Crippen molar-refractivity contribution < 1.29 is 17.9 Å². The number of halogens is 1. The van der Waals surface area contributed by atoms with Gasteiger partial charge in [-0.15, -0.1) is 0 Å². The van der Waals surface area contributed by atoms with Crippen LogP contribution in [0.25, 0.3) is 0 Å². The zero-order valence-corrected chi connectivity index (χ0v) is 10.5. The first-order valence-electron chi connectivity index (χ1n) is 5.64. The lowest BCUT2D eigenvalue weighted by molar-refractivity contribution is 0.113. The Kier molecular flexibility index (Phi) is 3.56. The van der Waals surface area contributed by atoms with E-state index >= 15 is 0 Å². The first kappa shape index (κ1) is 13.3. The van der Waals surface area contributed by atoms with Gasteiger partial charge in [-0.2, -0.15) is 4.31 Å². The number of nitrogens with two attached hydrogens (primary N) is 1. The van der Waals surface area contributed by atoms with E-state index in [9.17, 15) is 17.9 Å². The lowest BCUT2D eigenvalue weighted by Gasteiger charge is -2.28. The van der Waals surface area contributed by atoms with Gasteiger partial charge < -0.3 is 10.8 Å². The molecule has 5 nitrogen and oxygen atoms in total. The van der Waals surface area contributed by atoms with E-state index in [1.54, 1.807) is 0 Å². The van der Waals surface area contributed by atoms with Gasteiger partial charge in [0.1, 0.15) is 10.7 Å². The predicted molar refractivity (Wildman–Crippen MR) is 64.8 cm³/mol. The second-order valence-electron chi connectivity index (χ2n) is 4.33. The van der Waals surface area contributed by atoms with Gasteiger partial charge in [0.2, 0.25) is 10.0 Å². The largest absolute Gasteiger partial charge is 0.399 e. The van der Waals surface area contributed by atoms with Crippen molar-refractivity contribution in [1.29, 1.82) is 0 Å². The van der Waals surface area contributed by atoms with E-state index in [1.165, 1.54) is 16.4 Å². The molecule has 0 unspecified atom stereocenters. The fourth-order valence-electron chi connectivity index (χ4n) is 1.95. The normalized spacial score (nSPS) is 19.0. The molecule has 0 spiro atoms. The molecular weight excluding hydrogens is 259 g/mol. The van der Waals surface area contributed by atoms with Crippen LogP contribution in [-0.4, -0.2) is 37.0 Å². The number of piperidine rings is 1. The van der Waals surface area contributed by atoms with Gasteiger partial charge in [0.05, 0.1) is 6.10 Å². The summed E-state index contributed by atoms with van der Waals surface area (Å²) in [5.74, 6) is -0.846. The van der Waals surface area contributed by atoms with Crippen molar-refractivity contribution in [1.82, 2.24) is 4.31 Å². The van der Waals surface area contributed by atoms with Crippen LogP contribution in [0.5, 0.6) is 0 Å². The highest BCUT2D eigenvalue weighted by atomic mass is 32.2. The molecule has 0 aliphatic carbocycles. The Morgan fingerprint density at radius 2 is 1.94 bits per heavy atom. The van der Waals surface area contributed by atoms with Crippen LogP contribution in [0.3, 0.4) is 0 Å². The van der Waals surface area contributed by atoms with Gasteiger partial charge in [0, 0.05) is 18.8 Å². The highest BCUT2D eigenvalue weighted by Gasteiger charge is 2.30. The lowest BCUT2D eigenvalue weighted by Crippen LogP contribution is -2.40. The fraction of sp³-hybridized carbons (Fsp3) is 0.455. The van der Waals surface area contributed by atoms with E-state index in [1.807, 2.05) is 0 Å². The predicted octanol–water partition coefficient (Wildman–Crippen LogP) is 0.553. The minimum Gasteiger partial charge on any atom is -0.399 e. The summed E-state index contributed by atoms with van der Waals surface area (Å²) in [6.07, 6.45) is 0.263. The standard InChI is InChI=1S/C11H15FN2O3S/c12-10-7-8(13)1-2-11(10)18(16,17)14-5-3-9(15)4-6-14/h1-2,7,9,15H,3-6,13H2. The number of anilines is 1. The molecule has 0 bridgehead atoms. The van der Waals surface area contributed by atoms with Crippen LogP contribution in [0.15, 0.2) is 23.1 Å². The molecule has 1 heterocycles. The first-order chi connectivity index (χ1) is 8.41. The van der Waals surface area contributed by atoms with Crippen molar-refractivity contribution in [2.45, 2.75) is 23.8 Å². The van der Waals surface area contributed by atoms with E-state index < -0.39 is 21.9 Å². The van der Waals surface area contributed by atoms with Crippen molar-refractivity contribution in [3.05, 3.63) is 24.0 Å². The third kappa shape index (κ3) is 2.47. The first-order valence-corrected chi connectivity index (χ1v) is 7.08. The van der Waals surface area contributed by atoms with Gasteiger partial charge in [-0.1, -0.05) is 0 Å². The quantitative estimate of drug-likeness (QED) is 0.772. The second-order valence-corrected chi connectivity index (χ2v) is 6.23. The van der Waals surface area contributed by atoms with Gasteiger partial charge in [-0.05, 0) is 31.0 Å². The molecule has 1 saturated heterocycles. The molecule has 1 aromatic carbocycles. The number of aliphatic hydroxyl groups excluding tert-OH is 1. The zero-order chi connectivity index (χ0) is 13.3. The number of benzene rings is 1. The maximum atomic E-state index is 13.6. The van der Waals surface area contributed by atoms with Crippen molar-refractivity contribution >= 4 is 15.7 Å². The third-order valence-corrected chi connectivity index (χ3v) is 4.93. The van der Waals surface area contributed by atoms with Crippen molar-refractivity contribution in [3.8, 4) is 0 Å². The Labute approximate surface area is 105 Å². The molecule has 1 aliphatic rings. The summed E-state index contributed by atoms with van der Waals surface area (Å²) < 4.78 is 39.2. The third-order valence-electron chi connectivity index (χ3n) is 3.00. The Morgan fingerprint density at radius 1 is 1.33 bits per heavy atom. The maximum Gasteiger partial charge on any atom is 0.245 e. The molecule has 0 aromatic heterocycles. The molecule has 0 saturated carbocycles. The molecule has 2 rings (SSSR count). The molecule has 1 aromatic rings. The fourth-order valence-corrected chi connectivity index (χ4v) is 3.46. The zero-order valence-electron chi connectivity index (χ0n) is 9.71. The molecule has 3 N–H and O–H groups in total. The number of aliphatic hydroxyl groups is 1. The summed E-state index contributed by atoms with van der Waals surface area (Å²) in [7, 11) is -3.84. The van der Waals surface area contributed by atoms with Gasteiger partial charge in [-0.25, -0.2) is 12.8 Å². The molecule has 1 fully saturated rings. The summed E-state index contributed by atoms with van der Waals surface area (Å²) in [4.78, 5) is -0.368. The van der Waals surface area contributed by atoms with E-state index in [2.05, 4.69) is 0 Å². The van der Waals surface area contributed by atoms with Crippen LogP contribution < -0.4 is 5.73 Å². The van der Waals surface area contributed by atoms with Crippen LogP contribution in [0, 0.1) is 5.82 Å². The number of sulfonamides is 1. The van der Waals surface area contributed by atoms with Crippen LogP contribution in [0.1, 0.15) is 12.8 Å².